The first-order valence-corrected chi connectivity index (χ1v) is 6.96. The number of para-hydroxylation sites is 1. The molecule has 1 saturated carbocycles. The second-order valence-electron chi connectivity index (χ2n) is 5.36. The normalized spacial score (nSPS) is 16.3. The molecule has 19 heavy (non-hydrogen) atoms. The molecule has 3 rings (SSSR count). The van der Waals surface area contributed by atoms with Crippen LogP contribution < -0.4 is 10.6 Å². The molecule has 4 nitrogen and oxygen atoms in total. The standard InChI is InChI=1S/C15H20N4/c1-10(11-7-8-11)9-17-14-12-5-3-4-6-13(12)18-15(16-2)19-14/h3-6,10-11H,7-9H2,1-2H3,(H2,16,17,18,19). The molecule has 0 aliphatic heterocycles. The van der Waals surface area contributed by atoms with Gasteiger partial charge in [-0.15, -0.1) is 0 Å². The average molecular weight is 256 g/mol. The van der Waals surface area contributed by atoms with Crippen molar-refractivity contribution in [3.63, 3.8) is 0 Å². The Labute approximate surface area is 113 Å². The van der Waals surface area contributed by atoms with Gasteiger partial charge in [0.2, 0.25) is 5.95 Å². The quantitative estimate of drug-likeness (QED) is 0.863. The van der Waals surface area contributed by atoms with E-state index < -0.39 is 0 Å². The maximum Gasteiger partial charge on any atom is 0.224 e. The van der Waals surface area contributed by atoms with Crippen LogP contribution in [0.1, 0.15) is 19.8 Å². The molecule has 1 aliphatic rings. The van der Waals surface area contributed by atoms with Crippen LogP contribution >= 0.6 is 0 Å². The van der Waals surface area contributed by atoms with Crippen molar-refractivity contribution in [1.29, 1.82) is 0 Å². The number of hydrogen-bond acceptors (Lipinski definition) is 4. The number of anilines is 2. The highest BCUT2D eigenvalue weighted by Gasteiger charge is 2.27. The Morgan fingerprint density at radius 3 is 2.79 bits per heavy atom. The molecule has 4 heteroatoms. The van der Waals surface area contributed by atoms with Gasteiger partial charge in [0.15, 0.2) is 0 Å². The van der Waals surface area contributed by atoms with Gasteiger partial charge in [0.25, 0.3) is 0 Å². The molecule has 0 spiro atoms. The Balaban J connectivity index is 1.87. The monoisotopic (exact) mass is 256 g/mol. The van der Waals surface area contributed by atoms with Crippen molar-refractivity contribution in [3.05, 3.63) is 24.3 Å². The van der Waals surface area contributed by atoms with E-state index in [1.165, 1.54) is 12.8 Å². The van der Waals surface area contributed by atoms with Crippen molar-refractivity contribution < 1.29 is 0 Å². The van der Waals surface area contributed by atoms with Crippen molar-refractivity contribution in [3.8, 4) is 0 Å². The zero-order valence-corrected chi connectivity index (χ0v) is 11.5. The lowest BCUT2D eigenvalue weighted by molar-refractivity contribution is 0.536. The van der Waals surface area contributed by atoms with E-state index >= 15 is 0 Å². The minimum Gasteiger partial charge on any atom is -0.369 e. The highest BCUT2D eigenvalue weighted by atomic mass is 15.1. The number of rotatable bonds is 5. The van der Waals surface area contributed by atoms with Crippen LogP contribution in [-0.2, 0) is 0 Å². The van der Waals surface area contributed by atoms with Crippen LogP contribution in [0, 0.1) is 11.8 Å². The third kappa shape index (κ3) is 2.62. The molecule has 0 bridgehead atoms. The van der Waals surface area contributed by atoms with Crippen LogP contribution in [0.3, 0.4) is 0 Å². The maximum absolute atomic E-state index is 4.54. The smallest absolute Gasteiger partial charge is 0.224 e. The summed E-state index contributed by atoms with van der Waals surface area (Å²) in [5, 5.41) is 7.60. The van der Waals surface area contributed by atoms with Crippen molar-refractivity contribution >= 4 is 22.7 Å². The van der Waals surface area contributed by atoms with Gasteiger partial charge in [-0.1, -0.05) is 19.1 Å². The molecule has 0 radical (unpaired) electrons. The number of benzene rings is 1. The number of aromatic nitrogens is 2. The fourth-order valence-corrected chi connectivity index (χ4v) is 2.41. The largest absolute Gasteiger partial charge is 0.369 e. The number of nitrogens with one attached hydrogen (secondary N) is 2. The molecule has 0 saturated heterocycles. The summed E-state index contributed by atoms with van der Waals surface area (Å²) >= 11 is 0. The number of fused-ring (bicyclic) bond motifs is 1. The minimum atomic E-state index is 0.667. The maximum atomic E-state index is 4.54. The van der Waals surface area contributed by atoms with Crippen molar-refractivity contribution in [2.75, 3.05) is 24.2 Å². The molecule has 1 fully saturated rings. The Morgan fingerprint density at radius 1 is 1.26 bits per heavy atom. The molecule has 1 aromatic carbocycles. The first-order chi connectivity index (χ1) is 9.28. The second-order valence-corrected chi connectivity index (χ2v) is 5.36. The zero-order chi connectivity index (χ0) is 13.2. The third-order valence-corrected chi connectivity index (χ3v) is 3.85. The fourth-order valence-electron chi connectivity index (χ4n) is 2.41. The molecule has 100 valence electrons. The minimum absolute atomic E-state index is 0.667. The molecule has 2 N–H and O–H groups in total. The van der Waals surface area contributed by atoms with Gasteiger partial charge < -0.3 is 10.6 Å². The summed E-state index contributed by atoms with van der Waals surface area (Å²) in [5.41, 5.74) is 0.975. The Morgan fingerprint density at radius 2 is 2.05 bits per heavy atom. The fraction of sp³-hybridized carbons (Fsp3) is 0.467. The molecule has 1 aromatic heterocycles. The summed E-state index contributed by atoms with van der Waals surface area (Å²) in [4.78, 5) is 9.00. The molecule has 0 amide bonds. The van der Waals surface area contributed by atoms with E-state index in [-0.39, 0.29) is 0 Å². The van der Waals surface area contributed by atoms with Gasteiger partial charge in [-0.3, -0.25) is 0 Å². The van der Waals surface area contributed by atoms with Crippen LogP contribution in [0.25, 0.3) is 10.9 Å². The molecule has 2 aromatic rings. The summed E-state index contributed by atoms with van der Waals surface area (Å²) in [6, 6.07) is 8.12. The van der Waals surface area contributed by atoms with E-state index in [0.29, 0.717) is 11.9 Å². The lowest BCUT2D eigenvalue weighted by Gasteiger charge is -2.14. The first-order valence-electron chi connectivity index (χ1n) is 6.96. The SMILES string of the molecule is CNc1nc(NCC(C)C2CC2)c2ccccc2n1. The van der Waals surface area contributed by atoms with E-state index in [1.54, 1.807) is 0 Å². The molecule has 1 heterocycles. The van der Waals surface area contributed by atoms with Crippen LogP contribution in [0.2, 0.25) is 0 Å². The van der Waals surface area contributed by atoms with E-state index in [9.17, 15) is 0 Å². The lowest BCUT2D eigenvalue weighted by atomic mass is 10.1. The van der Waals surface area contributed by atoms with Crippen LogP contribution in [-0.4, -0.2) is 23.6 Å². The number of hydrogen-bond donors (Lipinski definition) is 2. The van der Waals surface area contributed by atoms with E-state index in [4.69, 9.17) is 0 Å². The van der Waals surface area contributed by atoms with E-state index in [0.717, 1.165) is 29.2 Å². The predicted molar refractivity (Wildman–Crippen MR) is 79.5 cm³/mol. The van der Waals surface area contributed by atoms with Crippen LogP contribution in [0.15, 0.2) is 24.3 Å². The van der Waals surface area contributed by atoms with Gasteiger partial charge in [0.1, 0.15) is 5.82 Å². The summed E-state index contributed by atoms with van der Waals surface area (Å²) in [6.45, 7) is 3.29. The van der Waals surface area contributed by atoms with Gasteiger partial charge in [0.05, 0.1) is 5.52 Å². The second kappa shape index (κ2) is 5.03. The molecule has 1 atom stereocenters. The Bertz CT molecular complexity index is 577. The average Bonchev–Trinajstić information content (AvgIpc) is 3.28. The zero-order valence-electron chi connectivity index (χ0n) is 11.5. The van der Waals surface area contributed by atoms with E-state index in [2.05, 4.69) is 33.6 Å². The van der Waals surface area contributed by atoms with E-state index in [1.807, 2.05) is 25.2 Å². The summed E-state index contributed by atoms with van der Waals surface area (Å²) in [7, 11) is 1.85. The Kier molecular flexibility index (Phi) is 3.23. The van der Waals surface area contributed by atoms with Gasteiger partial charge in [0, 0.05) is 19.0 Å². The highest BCUT2D eigenvalue weighted by Crippen LogP contribution is 2.36. The van der Waals surface area contributed by atoms with Gasteiger partial charge in [-0.25, -0.2) is 4.98 Å². The van der Waals surface area contributed by atoms with Gasteiger partial charge >= 0.3 is 0 Å². The van der Waals surface area contributed by atoms with Gasteiger partial charge in [-0.2, -0.15) is 4.98 Å². The molecular formula is C15H20N4. The number of nitrogens with zero attached hydrogens (tertiary/aromatic N) is 2. The molecule has 1 unspecified atom stereocenters. The van der Waals surface area contributed by atoms with Gasteiger partial charge in [-0.05, 0) is 36.8 Å². The highest BCUT2D eigenvalue weighted by molar-refractivity contribution is 5.89. The summed E-state index contributed by atoms with van der Waals surface area (Å²) in [6.07, 6.45) is 2.77. The summed E-state index contributed by atoms with van der Waals surface area (Å²) in [5.74, 6) is 3.22. The van der Waals surface area contributed by atoms with Crippen molar-refractivity contribution in [2.24, 2.45) is 11.8 Å². The topological polar surface area (TPSA) is 49.8 Å². The third-order valence-electron chi connectivity index (χ3n) is 3.85. The predicted octanol–water partition coefficient (Wildman–Crippen LogP) is 3.13. The van der Waals surface area contributed by atoms with Crippen molar-refractivity contribution in [2.45, 2.75) is 19.8 Å². The lowest BCUT2D eigenvalue weighted by Crippen LogP contribution is -2.14. The Hall–Kier alpha value is -1.84. The first kappa shape index (κ1) is 12.2. The molecular weight excluding hydrogens is 236 g/mol. The van der Waals surface area contributed by atoms with Crippen molar-refractivity contribution in [1.82, 2.24) is 9.97 Å². The summed E-state index contributed by atoms with van der Waals surface area (Å²) < 4.78 is 0. The van der Waals surface area contributed by atoms with Crippen LogP contribution in [0.4, 0.5) is 11.8 Å². The molecule has 1 aliphatic carbocycles. The van der Waals surface area contributed by atoms with Crippen LogP contribution in [0.5, 0.6) is 0 Å².